The van der Waals surface area contributed by atoms with Crippen LogP contribution in [0.1, 0.15) is 11.1 Å². The Morgan fingerprint density at radius 3 is 2.29 bits per heavy atom. The third-order valence-electron chi connectivity index (χ3n) is 4.41. The topological polar surface area (TPSA) is 56.8 Å². The van der Waals surface area contributed by atoms with Gasteiger partial charge in [0.05, 0.1) is 14.2 Å². The highest BCUT2D eigenvalue weighted by molar-refractivity contribution is 6.35. The van der Waals surface area contributed by atoms with Crippen LogP contribution < -0.4 is 19.5 Å². The molecule has 0 unspecified atom stereocenters. The number of methoxy groups -OCH3 is 2. The van der Waals surface area contributed by atoms with Crippen molar-refractivity contribution in [2.75, 3.05) is 19.5 Å². The summed E-state index contributed by atoms with van der Waals surface area (Å²) in [5.74, 6) is 1.54. The first-order valence-electron chi connectivity index (χ1n) is 9.37. The smallest absolute Gasteiger partial charge is 0.248 e. The van der Waals surface area contributed by atoms with Gasteiger partial charge in [0, 0.05) is 27.4 Å². The Morgan fingerprint density at radius 1 is 0.935 bits per heavy atom. The lowest BCUT2D eigenvalue weighted by molar-refractivity contribution is -0.111. The number of ether oxygens (including phenoxy) is 3. The summed E-state index contributed by atoms with van der Waals surface area (Å²) < 4.78 is 16.4. The summed E-state index contributed by atoms with van der Waals surface area (Å²) in [6.45, 7) is 0.203. The number of carbonyl (C=O) groups is 1. The van der Waals surface area contributed by atoms with Crippen LogP contribution in [0.15, 0.2) is 66.7 Å². The number of hydrogen-bond acceptors (Lipinski definition) is 4. The molecule has 0 aliphatic heterocycles. The van der Waals surface area contributed by atoms with E-state index in [1.165, 1.54) is 6.08 Å². The summed E-state index contributed by atoms with van der Waals surface area (Å²) in [5.41, 5.74) is 2.16. The molecule has 3 rings (SSSR count). The predicted octanol–water partition coefficient (Wildman–Crippen LogP) is 6.24. The summed E-state index contributed by atoms with van der Waals surface area (Å²) in [4.78, 5) is 12.2. The Balaban J connectivity index is 1.65. The fourth-order valence-corrected chi connectivity index (χ4v) is 3.26. The first-order chi connectivity index (χ1) is 15.0. The van der Waals surface area contributed by atoms with Crippen molar-refractivity contribution >= 4 is 40.9 Å². The van der Waals surface area contributed by atoms with Gasteiger partial charge in [0.2, 0.25) is 5.91 Å². The van der Waals surface area contributed by atoms with Gasteiger partial charge in [-0.3, -0.25) is 4.79 Å². The SMILES string of the molecule is COc1ccc(NC(=O)/C=C/c2ccc(OCc3c(Cl)cccc3Cl)c(OC)c2)cc1. The lowest BCUT2D eigenvalue weighted by Crippen LogP contribution is -2.07. The van der Waals surface area contributed by atoms with Crippen LogP contribution in [0.25, 0.3) is 6.08 Å². The van der Waals surface area contributed by atoms with Crippen molar-refractivity contribution in [3.05, 3.63) is 87.9 Å². The Bertz CT molecular complexity index is 1060. The highest BCUT2D eigenvalue weighted by Crippen LogP contribution is 2.31. The van der Waals surface area contributed by atoms with Crippen LogP contribution in [0.4, 0.5) is 5.69 Å². The molecule has 0 aliphatic rings. The van der Waals surface area contributed by atoms with Crippen LogP contribution in [0.5, 0.6) is 17.2 Å². The lowest BCUT2D eigenvalue weighted by atomic mass is 10.2. The molecule has 7 heteroatoms. The van der Waals surface area contributed by atoms with Gasteiger partial charge in [-0.25, -0.2) is 0 Å². The van der Waals surface area contributed by atoms with Crippen molar-refractivity contribution < 1.29 is 19.0 Å². The van der Waals surface area contributed by atoms with E-state index in [-0.39, 0.29) is 12.5 Å². The molecule has 0 saturated carbocycles. The van der Waals surface area contributed by atoms with Gasteiger partial charge in [-0.15, -0.1) is 0 Å². The van der Waals surface area contributed by atoms with E-state index in [2.05, 4.69) is 5.32 Å². The molecule has 5 nitrogen and oxygen atoms in total. The number of benzene rings is 3. The minimum absolute atomic E-state index is 0.203. The van der Waals surface area contributed by atoms with Gasteiger partial charge in [-0.2, -0.15) is 0 Å². The number of amides is 1. The van der Waals surface area contributed by atoms with Gasteiger partial charge in [-0.1, -0.05) is 35.3 Å². The fourth-order valence-electron chi connectivity index (χ4n) is 2.76. The molecule has 0 bridgehead atoms. The van der Waals surface area contributed by atoms with E-state index >= 15 is 0 Å². The molecule has 1 amide bonds. The fraction of sp³-hybridized carbons (Fsp3) is 0.125. The number of rotatable bonds is 8. The summed E-state index contributed by atoms with van der Waals surface area (Å²) >= 11 is 12.4. The molecule has 3 aromatic carbocycles. The molecule has 0 aromatic heterocycles. The molecule has 3 aromatic rings. The van der Waals surface area contributed by atoms with Crippen LogP contribution in [0, 0.1) is 0 Å². The zero-order valence-electron chi connectivity index (χ0n) is 17.0. The van der Waals surface area contributed by atoms with E-state index < -0.39 is 0 Å². The Morgan fingerprint density at radius 2 is 1.65 bits per heavy atom. The number of hydrogen-bond donors (Lipinski definition) is 1. The van der Waals surface area contributed by atoms with Crippen LogP contribution in [-0.2, 0) is 11.4 Å². The molecular formula is C24H21Cl2NO4. The Hall–Kier alpha value is -3.15. The van der Waals surface area contributed by atoms with Gasteiger partial charge in [0.25, 0.3) is 0 Å². The van der Waals surface area contributed by atoms with Crippen LogP contribution in [0.2, 0.25) is 10.0 Å². The van der Waals surface area contributed by atoms with Crippen molar-refractivity contribution in [2.24, 2.45) is 0 Å². The molecule has 160 valence electrons. The van der Waals surface area contributed by atoms with E-state index in [9.17, 15) is 4.79 Å². The minimum atomic E-state index is -0.252. The van der Waals surface area contributed by atoms with Crippen LogP contribution in [0.3, 0.4) is 0 Å². The zero-order chi connectivity index (χ0) is 22.2. The Kier molecular flexibility index (Phi) is 7.82. The lowest BCUT2D eigenvalue weighted by Gasteiger charge is -2.13. The van der Waals surface area contributed by atoms with E-state index in [1.807, 2.05) is 6.07 Å². The van der Waals surface area contributed by atoms with Crippen molar-refractivity contribution in [1.29, 1.82) is 0 Å². The van der Waals surface area contributed by atoms with E-state index in [0.717, 1.165) is 11.3 Å². The molecule has 0 atom stereocenters. The molecular weight excluding hydrogens is 437 g/mol. The number of nitrogens with one attached hydrogen (secondary N) is 1. The monoisotopic (exact) mass is 457 g/mol. The molecule has 0 radical (unpaired) electrons. The predicted molar refractivity (Wildman–Crippen MR) is 124 cm³/mol. The van der Waals surface area contributed by atoms with Crippen molar-refractivity contribution in [2.45, 2.75) is 6.61 Å². The second kappa shape index (κ2) is 10.8. The summed E-state index contributed by atoms with van der Waals surface area (Å²) in [6.07, 6.45) is 3.14. The second-order valence-corrected chi connectivity index (χ2v) is 7.26. The average Bonchev–Trinajstić information content (AvgIpc) is 2.78. The zero-order valence-corrected chi connectivity index (χ0v) is 18.5. The summed E-state index contributed by atoms with van der Waals surface area (Å²) in [7, 11) is 3.14. The van der Waals surface area contributed by atoms with Gasteiger partial charge in [0.1, 0.15) is 12.4 Å². The van der Waals surface area contributed by atoms with Gasteiger partial charge < -0.3 is 19.5 Å². The molecule has 31 heavy (non-hydrogen) atoms. The Labute approximate surface area is 191 Å². The van der Waals surface area contributed by atoms with Gasteiger partial charge in [0.15, 0.2) is 11.5 Å². The number of carbonyl (C=O) groups excluding carboxylic acids is 1. The maximum absolute atomic E-state index is 12.2. The van der Waals surface area contributed by atoms with Crippen molar-refractivity contribution in [3.63, 3.8) is 0 Å². The summed E-state index contributed by atoms with van der Waals surface area (Å²) in [5, 5.41) is 3.86. The second-order valence-electron chi connectivity index (χ2n) is 6.45. The van der Waals surface area contributed by atoms with Crippen molar-refractivity contribution in [1.82, 2.24) is 0 Å². The first-order valence-corrected chi connectivity index (χ1v) is 10.1. The molecule has 0 spiro atoms. The van der Waals surface area contributed by atoms with E-state index in [0.29, 0.717) is 32.8 Å². The average molecular weight is 458 g/mol. The molecule has 0 saturated heterocycles. The molecule has 0 heterocycles. The molecule has 1 N–H and O–H groups in total. The van der Waals surface area contributed by atoms with Crippen LogP contribution >= 0.6 is 23.2 Å². The molecule has 0 aliphatic carbocycles. The maximum atomic E-state index is 12.2. The quantitative estimate of drug-likeness (QED) is 0.406. The van der Waals surface area contributed by atoms with Crippen LogP contribution in [-0.4, -0.2) is 20.1 Å². The minimum Gasteiger partial charge on any atom is -0.497 e. The third kappa shape index (κ3) is 6.17. The third-order valence-corrected chi connectivity index (χ3v) is 5.11. The maximum Gasteiger partial charge on any atom is 0.248 e. The largest absolute Gasteiger partial charge is 0.497 e. The van der Waals surface area contributed by atoms with E-state index in [4.69, 9.17) is 37.4 Å². The number of anilines is 1. The first kappa shape index (κ1) is 22.5. The standard InChI is InChI=1S/C24H21Cl2NO4/c1-29-18-10-8-17(9-11-18)27-24(28)13-7-16-6-12-22(23(14-16)30-2)31-15-19-20(25)4-3-5-21(19)26/h3-14H,15H2,1-2H3,(H,27,28)/b13-7+. The normalized spacial score (nSPS) is 10.7. The molecule has 0 fully saturated rings. The van der Waals surface area contributed by atoms with Gasteiger partial charge >= 0.3 is 0 Å². The van der Waals surface area contributed by atoms with Crippen molar-refractivity contribution in [3.8, 4) is 17.2 Å². The highest BCUT2D eigenvalue weighted by Gasteiger charge is 2.10. The highest BCUT2D eigenvalue weighted by atomic mass is 35.5. The van der Waals surface area contributed by atoms with E-state index in [1.54, 1.807) is 74.9 Å². The summed E-state index contributed by atoms with van der Waals surface area (Å²) in [6, 6.07) is 17.8. The number of halogens is 2. The van der Waals surface area contributed by atoms with Gasteiger partial charge in [-0.05, 0) is 60.2 Å².